The van der Waals surface area contributed by atoms with Crippen LogP contribution in [0.4, 0.5) is 5.69 Å². The maximum absolute atomic E-state index is 11.2. The maximum atomic E-state index is 11.2. The predicted octanol–water partition coefficient (Wildman–Crippen LogP) is 5.74. The molecule has 0 aliphatic rings. The van der Waals surface area contributed by atoms with Crippen LogP contribution < -0.4 is 0 Å². The molecular formula is C20H34N2O3S. The monoisotopic (exact) mass is 382 g/mol. The summed E-state index contributed by atoms with van der Waals surface area (Å²) < 4.78 is 0. The van der Waals surface area contributed by atoms with Crippen LogP contribution in [0.15, 0.2) is 12.1 Å². The molecule has 0 fully saturated rings. The number of hydrogen-bond donors (Lipinski definition) is 1. The lowest BCUT2D eigenvalue weighted by atomic mass is 10.1. The van der Waals surface area contributed by atoms with Gasteiger partial charge in [0.05, 0.1) is 4.92 Å². The molecule has 148 valence electrons. The number of nitro benzene ring substituents is 1. The number of aromatic hydroxyl groups is 1. The first kappa shape index (κ1) is 22.8. The van der Waals surface area contributed by atoms with E-state index in [0.29, 0.717) is 23.4 Å². The van der Waals surface area contributed by atoms with Crippen molar-refractivity contribution in [1.29, 1.82) is 0 Å². The highest BCUT2D eigenvalue weighted by atomic mass is 32.2. The molecule has 0 aromatic heterocycles. The molecule has 0 heterocycles. The third-order valence-corrected chi connectivity index (χ3v) is 5.74. The molecular weight excluding hydrogens is 348 g/mol. The van der Waals surface area contributed by atoms with Gasteiger partial charge in [-0.1, -0.05) is 52.9 Å². The zero-order chi connectivity index (χ0) is 19.4. The number of phenolic OH excluding ortho intramolecular Hbond substituents is 1. The number of non-ortho nitro benzene ring substituents is 1. The molecule has 0 bridgehead atoms. The summed E-state index contributed by atoms with van der Waals surface area (Å²) in [6.45, 7) is 8.55. The Hall–Kier alpha value is -1.27. The Kier molecular flexibility index (Phi) is 11.4. The van der Waals surface area contributed by atoms with Gasteiger partial charge in [0, 0.05) is 35.6 Å². The van der Waals surface area contributed by atoms with E-state index in [1.807, 2.05) is 0 Å². The number of benzene rings is 1. The zero-order valence-electron chi connectivity index (χ0n) is 16.5. The van der Waals surface area contributed by atoms with E-state index < -0.39 is 0 Å². The Labute approximate surface area is 162 Å². The summed E-state index contributed by atoms with van der Waals surface area (Å²) in [7, 11) is 0. The lowest BCUT2D eigenvalue weighted by molar-refractivity contribution is -0.385. The quantitative estimate of drug-likeness (QED) is 0.253. The molecule has 26 heavy (non-hydrogen) atoms. The second kappa shape index (κ2) is 13.0. The molecule has 0 spiro atoms. The lowest BCUT2D eigenvalue weighted by Crippen LogP contribution is -2.22. The average molecular weight is 383 g/mol. The fourth-order valence-electron chi connectivity index (χ4n) is 2.93. The highest BCUT2D eigenvalue weighted by Gasteiger charge is 2.17. The third kappa shape index (κ3) is 7.96. The topological polar surface area (TPSA) is 66.6 Å². The Morgan fingerprint density at radius 1 is 1.04 bits per heavy atom. The second-order valence-electron chi connectivity index (χ2n) is 6.65. The highest BCUT2D eigenvalue weighted by molar-refractivity contribution is 7.98. The molecule has 0 aliphatic carbocycles. The van der Waals surface area contributed by atoms with Gasteiger partial charge in [-0.15, -0.1) is 0 Å². The van der Waals surface area contributed by atoms with Gasteiger partial charge in [-0.05, 0) is 25.3 Å². The van der Waals surface area contributed by atoms with E-state index in [1.54, 1.807) is 11.8 Å². The van der Waals surface area contributed by atoms with E-state index in [0.717, 1.165) is 25.3 Å². The number of thioether (sulfide) groups is 1. The van der Waals surface area contributed by atoms with Crippen LogP contribution in [0.25, 0.3) is 0 Å². The Bertz CT molecular complexity index is 548. The predicted molar refractivity (Wildman–Crippen MR) is 111 cm³/mol. The smallest absolute Gasteiger partial charge is 0.270 e. The number of unbranched alkanes of at least 4 members (excludes halogenated alkanes) is 5. The summed E-state index contributed by atoms with van der Waals surface area (Å²) in [5.41, 5.74) is 1.40. The molecule has 0 atom stereocenters. The van der Waals surface area contributed by atoms with Crippen LogP contribution in [-0.2, 0) is 12.3 Å². The first-order valence-corrected chi connectivity index (χ1v) is 11.0. The first-order valence-electron chi connectivity index (χ1n) is 9.82. The van der Waals surface area contributed by atoms with Crippen LogP contribution in [0.1, 0.15) is 70.4 Å². The first-order chi connectivity index (χ1) is 12.5. The highest BCUT2D eigenvalue weighted by Crippen LogP contribution is 2.32. The summed E-state index contributed by atoms with van der Waals surface area (Å²) in [6.07, 6.45) is 7.56. The Balaban J connectivity index is 2.65. The minimum Gasteiger partial charge on any atom is -0.507 e. The van der Waals surface area contributed by atoms with Crippen LogP contribution in [0.3, 0.4) is 0 Å². The van der Waals surface area contributed by atoms with Gasteiger partial charge in [0.1, 0.15) is 5.75 Å². The molecule has 0 radical (unpaired) electrons. The summed E-state index contributed by atoms with van der Waals surface area (Å²) >= 11 is 1.75. The van der Waals surface area contributed by atoms with Gasteiger partial charge in [0.25, 0.3) is 5.69 Å². The molecule has 0 aliphatic heterocycles. The van der Waals surface area contributed by atoms with E-state index in [1.165, 1.54) is 44.2 Å². The molecule has 0 saturated carbocycles. The third-order valence-electron chi connectivity index (χ3n) is 4.65. The van der Waals surface area contributed by atoms with Gasteiger partial charge in [0.15, 0.2) is 0 Å². The van der Waals surface area contributed by atoms with Crippen molar-refractivity contribution in [1.82, 2.24) is 4.90 Å². The zero-order valence-corrected chi connectivity index (χ0v) is 17.3. The van der Waals surface area contributed by atoms with Crippen LogP contribution in [0.5, 0.6) is 5.75 Å². The van der Waals surface area contributed by atoms with Gasteiger partial charge in [-0.2, -0.15) is 11.8 Å². The lowest BCUT2D eigenvalue weighted by Gasteiger charge is -2.19. The molecule has 1 rings (SSSR count). The molecule has 1 N–H and O–H groups in total. The van der Waals surface area contributed by atoms with Crippen LogP contribution >= 0.6 is 11.8 Å². The standard InChI is InChI=1S/C20H34N2O3S/c1-4-7-8-9-10-11-12-26-16-18-14-19(22(24)25)13-17(20(18)23)15-21(5-2)6-3/h13-14,23H,4-12,15-16H2,1-3H3. The molecule has 1 aromatic rings. The fraction of sp³-hybridized carbons (Fsp3) is 0.700. The molecule has 5 nitrogen and oxygen atoms in total. The molecule has 0 unspecified atom stereocenters. The molecule has 1 aromatic carbocycles. The van der Waals surface area contributed by atoms with E-state index in [2.05, 4.69) is 25.7 Å². The van der Waals surface area contributed by atoms with Crippen molar-refractivity contribution in [2.75, 3.05) is 18.8 Å². The van der Waals surface area contributed by atoms with Gasteiger partial charge >= 0.3 is 0 Å². The number of nitrogens with zero attached hydrogens (tertiary/aromatic N) is 2. The Morgan fingerprint density at radius 3 is 2.27 bits per heavy atom. The fourth-order valence-corrected chi connectivity index (χ4v) is 3.92. The van der Waals surface area contributed by atoms with Crippen LogP contribution in [0.2, 0.25) is 0 Å². The van der Waals surface area contributed by atoms with Crippen LogP contribution in [-0.4, -0.2) is 33.8 Å². The minimum atomic E-state index is -0.368. The van der Waals surface area contributed by atoms with Crippen molar-refractivity contribution in [3.05, 3.63) is 33.4 Å². The second-order valence-corrected chi connectivity index (χ2v) is 7.76. The summed E-state index contributed by atoms with van der Waals surface area (Å²) in [5.74, 6) is 1.87. The van der Waals surface area contributed by atoms with Crippen molar-refractivity contribution in [3.63, 3.8) is 0 Å². The van der Waals surface area contributed by atoms with Crippen molar-refractivity contribution >= 4 is 17.4 Å². The number of hydrogen-bond acceptors (Lipinski definition) is 5. The summed E-state index contributed by atoms with van der Waals surface area (Å²) in [6, 6.07) is 3.03. The van der Waals surface area contributed by atoms with Crippen molar-refractivity contribution in [3.8, 4) is 5.75 Å². The van der Waals surface area contributed by atoms with Crippen molar-refractivity contribution < 1.29 is 10.0 Å². The molecule has 0 saturated heterocycles. The molecule has 6 heteroatoms. The van der Waals surface area contributed by atoms with E-state index in [4.69, 9.17) is 0 Å². The van der Waals surface area contributed by atoms with Gasteiger partial charge in [-0.3, -0.25) is 15.0 Å². The largest absolute Gasteiger partial charge is 0.507 e. The Morgan fingerprint density at radius 2 is 1.65 bits per heavy atom. The van der Waals surface area contributed by atoms with E-state index >= 15 is 0 Å². The van der Waals surface area contributed by atoms with Crippen LogP contribution in [0, 0.1) is 10.1 Å². The molecule has 0 amide bonds. The number of rotatable bonds is 14. The SMILES string of the molecule is CCCCCCCCSCc1cc([N+](=O)[O-])cc(CN(CC)CC)c1O. The maximum Gasteiger partial charge on any atom is 0.270 e. The van der Waals surface area contributed by atoms with Gasteiger partial charge in [0.2, 0.25) is 0 Å². The van der Waals surface area contributed by atoms with Crippen molar-refractivity contribution in [2.24, 2.45) is 0 Å². The number of nitro groups is 1. The van der Waals surface area contributed by atoms with E-state index in [9.17, 15) is 15.2 Å². The normalized spacial score (nSPS) is 11.2. The van der Waals surface area contributed by atoms with Gasteiger partial charge < -0.3 is 5.11 Å². The van der Waals surface area contributed by atoms with Crippen molar-refractivity contribution in [2.45, 2.75) is 71.6 Å². The summed E-state index contributed by atoms with van der Waals surface area (Å²) in [5, 5.41) is 21.8. The summed E-state index contributed by atoms with van der Waals surface area (Å²) in [4.78, 5) is 13.0. The number of phenols is 1. The average Bonchev–Trinajstić information content (AvgIpc) is 2.63. The van der Waals surface area contributed by atoms with Gasteiger partial charge in [-0.25, -0.2) is 0 Å². The van der Waals surface area contributed by atoms with E-state index in [-0.39, 0.29) is 16.4 Å². The minimum absolute atomic E-state index is 0.0696.